The van der Waals surface area contributed by atoms with Gasteiger partial charge in [-0.1, -0.05) is 48.5 Å². The Morgan fingerprint density at radius 2 is 1.67 bits per heavy atom. The third kappa shape index (κ3) is 3.72. The van der Waals surface area contributed by atoms with Gasteiger partial charge in [-0.15, -0.1) is 0 Å². The van der Waals surface area contributed by atoms with Crippen LogP contribution < -0.4 is 0 Å². The van der Waals surface area contributed by atoms with Crippen molar-refractivity contribution in [2.24, 2.45) is 0 Å². The molecule has 1 aliphatic heterocycles. The number of hydrogen-bond acceptors (Lipinski definition) is 5. The van der Waals surface area contributed by atoms with Gasteiger partial charge in [0, 0.05) is 13.5 Å². The molecule has 1 unspecified atom stereocenters. The number of nitriles is 1. The number of sulfonamides is 1. The summed E-state index contributed by atoms with van der Waals surface area (Å²) in [6.45, 7) is 1.46. The fourth-order valence-electron chi connectivity index (χ4n) is 3.72. The molecule has 2 aromatic carbocycles. The molecule has 8 heteroatoms. The molecule has 7 nitrogen and oxygen atoms in total. The highest BCUT2D eigenvalue weighted by Crippen LogP contribution is 2.34. The summed E-state index contributed by atoms with van der Waals surface area (Å²) in [4.78, 5) is 27.9. The van der Waals surface area contributed by atoms with Gasteiger partial charge in [0.2, 0.25) is 10.0 Å². The Kier molecular flexibility index (Phi) is 5.51. The van der Waals surface area contributed by atoms with Gasteiger partial charge in [0.25, 0.3) is 11.8 Å². The van der Waals surface area contributed by atoms with Crippen LogP contribution in [0.4, 0.5) is 0 Å². The molecule has 1 fully saturated rings. The summed E-state index contributed by atoms with van der Waals surface area (Å²) in [5, 5.41) is 9.31. The fourth-order valence-corrected chi connectivity index (χ4v) is 4.99. The number of piperazine rings is 1. The maximum atomic E-state index is 13.4. The molecule has 1 aliphatic rings. The zero-order valence-corrected chi connectivity index (χ0v) is 17.7. The lowest BCUT2D eigenvalue weighted by molar-refractivity contribution is -0.150. The lowest BCUT2D eigenvalue weighted by Crippen LogP contribution is -2.67. The molecule has 2 amide bonds. The van der Waals surface area contributed by atoms with Gasteiger partial charge in [-0.05, 0) is 30.2 Å². The minimum Gasteiger partial charge on any atom is -0.309 e. The molecular formula is C22H21N3O4S. The number of hydrogen-bond donors (Lipinski definition) is 0. The first-order valence-corrected chi connectivity index (χ1v) is 11.0. The number of rotatable bonds is 4. The molecule has 0 spiro atoms. The molecule has 0 saturated carbocycles. The lowest BCUT2D eigenvalue weighted by Gasteiger charge is -2.45. The van der Waals surface area contributed by atoms with Crippen LogP contribution in [0, 0.1) is 11.3 Å². The van der Waals surface area contributed by atoms with E-state index < -0.39 is 27.4 Å². The van der Waals surface area contributed by atoms with Crippen molar-refractivity contribution in [3.8, 4) is 6.07 Å². The first-order chi connectivity index (χ1) is 14.1. The number of likely N-dealkylation sites (N-methyl/N-ethyl adjacent to an activating group) is 1. The van der Waals surface area contributed by atoms with E-state index in [0.717, 1.165) is 11.8 Å². The van der Waals surface area contributed by atoms with E-state index >= 15 is 0 Å². The quantitative estimate of drug-likeness (QED) is 0.702. The Balaban J connectivity index is 2.16. The van der Waals surface area contributed by atoms with Crippen LogP contribution in [0.25, 0.3) is 6.08 Å². The second-order valence-corrected chi connectivity index (χ2v) is 9.19. The molecule has 154 valence electrons. The van der Waals surface area contributed by atoms with Gasteiger partial charge in [-0.2, -0.15) is 5.26 Å². The van der Waals surface area contributed by atoms with Gasteiger partial charge < -0.3 is 4.90 Å². The molecule has 0 aliphatic carbocycles. The van der Waals surface area contributed by atoms with Crippen LogP contribution in [0.15, 0.2) is 60.3 Å². The summed E-state index contributed by atoms with van der Waals surface area (Å²) < 4.78 is 25.9. The van der Waals surface area contributed by atoms with Crippen LogP contribution >= 0.6 is 0 Å². The van der Waals surface area contributed by atoms with Crippen molar-refractivity contribution in [3.05, 3.63) is 77.0 Å². The van der Waals surface area contributed by atoms with Crippen molar-refractivity contribution in [1.29, 1.82) is 5.26 Å². The number of carbonyl (C=O) groups is 2. The summed E-state index contributed by atoms with van der Waals surface area (Å²) >= 11 is 0. The van der Waals surface area contributed by atoms with E-state index in [1.807, 2.05) is 12.1 Å². The fraction of sp³-hybridized carbons (Fsp3) is 0.227. The molecule has 3 rings (SSSR count). The number of nitrogens with zero attached hydrogens (tertiary/aromatic N) is 3. The maximum Gasteiger partial charge on any atom is 0.285 e. The normalized spacial score (nSPS) is 21.1. The maximum absolute atomic E-state index is 13.4. The van der Waals surface area contributed by atoms with Crippen molar-refractivity contribution in [2.45, 2.75) is 18.9 Å². The van der Waals surface area contributed by atoms with Crippen molar-refractivity contribution in [1.82, 2.24) is 9.21 Å². The molecule has 0 N–H and O–H groups in total. The van der Waals surface area contributed by atoms with Crippen LogP contribution in [-0.4, -0.2) is 48.3 Å². The van der Waals surface area contributed by atoms with Crippen molar-refractivity contribution < 1.29 is 18.0 Å². The minimum absolute atomic E-state index is 0.0396. The van der Waals surface area contributed by atoms with E-state index in [-0.39, 0.29) is 12.1 Å². The van der Waals surface area contributed by atoms with Crippen LogP contribution in [0.1, 0.15) is 23.6 Å². The predicted molar refractivity (Wildman–Crippen MR) is 112 cm³/mol. The highest BCUT2D eigenvalue weighted by atomic mass is 32.2. The molecule has 30 heavy (non-hydrogen) atoms. The Hall–Kier alpha value is -3.44. The van der Waals surface area contributed by atoms with Crippen LogP contribution in [0.2, 0.25) is 0 Å². The van der Waals surface area contributed by atoms with Gasteiger partial charge in [0.15, 0.2) is 0 Å². The van der Waals surface area contributed by atoms with E-state index in [2.05, 4.69) is 0 Å². The first kappa shape index (κ1) is 21.3. The van der Waals surface area contributed by atoms with Crippen LogP contribution in [-0.2, 0) is 26.0 Å². The van der Waals surface area contributed by atoms with E-state index in [1.54, 1.807) is 48.5 Å². The zero-order chi connectivity index (χ0) is 22.1. The van der Waals surface area contributed by atoms with E-state index in [4.69, 9.17) is 0 Å². The Morgan fingerprint density at radius 3 is 2.27 bits per heavy atom. The predicted octanol–water partition coefficient (Wildman–Crippen LogP) is 2.16. The topological polar surface area (TPSA) is 98.6 Å². The van der Waals surface area contributed by atoms with E-state index in [0.29, 0.717) is 15.4 Å². The summed E-state index contributed by atoms with van der Waals surface area (Å²) in [7, 11) is -2.64. The molecule has 2 aromatic rings. The summed E-state index contributed by atoms with van der Waals surface area (Å²) in [6, 6.07) is 17.5. The van der Waals surface area contributed by atoms with Crippen molar-refractivity contribution in [2.75, 3.05) is 13.3 Å². The largest absolute Gasteiger partial charge is 0.309 e. The monoisotopic (exact) mass is 423 g/mol. The number of carbonyl (C=O) groups excluding carboxylic acids is 2. The van der Waals surface area contributed by atoms with E-state index in [1.165, 1.54) is 24.9 Å². The highest BCUT2D eigenvalue weighted by molar-refractivity contribution is 7.89. The highest BCUT2D eigenvalue weighted by Gasteiger charge is 2.54. The standard InChI is InChI=1S/C22H21N3O4S/c1-22(14-16-9-5-4-6-10-16)21(27)24(2)19(20(26)25(22)30(3,28)29)13-17-11-7-8-12-18(17)15-23/h4-13H,14H2,1-3H3/b19-13-. The second kappa shape index (κ2) is 7.76. The van der Waals surface area contributed by atoms with Crippen molar-refractivity contribution in [3.63, 3.8) is 0 Å². The third-order valence-electron chi connectivity index (χ3n) is 5.07. The summed E-state index contributed by atoms with van der Waals surface area (Å²) in [6.07, 6.45) is 2.32. The Bertz CT molecular complexity index is 1180. The third-order valence-corrected chi connectivity index (χ3v) is 6.31. The summed E-state index contributed by atoms with van der Waals surface area (Å²) in [5.41, 5.74) is -0.276. The molecular weight excluding hydrogens is 402 g/mol. The SMILES string of the molecule is CN1C(=O)C(C)(Cc2ccccc2)N(S(C)(=O)=O)C(=O)/C1=C/c1ccccc1C#N. The molecule has 1 saturated heterocycles. The second-order valence-electron chi connectivity index (χ2n) is 7.36. The molecule has 0 bridgehead atoms. The molecule has 1 atom stereocenters. The van der Waals surface area contributed by atoms with Gasteiger partial charge in [0.1, 0.15) is 11.2 Å². The smallest absolute Gasteiger partial charge is 0.285 e. The van der Waals surface area contributed by atoms with Crippen LogP contribution in [0.3, 0.4) is 0 Å². The molecule has 0 aromatic heterocycles. The van der Waals surface area contributed by atoms with Gasteiger partial charge in [0.05, 0.1) is 17.9 Å². The minimum atomic E-state index is -4.07. The van der Waals surface area contributed by atoms with Crippen LogP contribution in [0.5, 0.6) is 0 Å². The number of benzene rings is 2. The van der Waals surface area contributed by atoms with Gasteiger partial charge >= 0.3 is 0 Å². The van der Waals surface area contributed by atoms with Crippen molar-refractivity contribution >= 4 is 27.9 Å². The molecule has 1 heterocycles. The van der Waals surface area contributed by atoms with Gasteiger partial charge in [-0.25, -0.2) is 12.7 Å². The Morgan fingerprint density at radius 1 is 1.07 bits per heavy atom. The summed E-state index contributed by atoms with van der Waals surface area (Å²) in [5.74, 6) is -1.34. The van der Waals surface area contributed by atoms with Gasteiger partial charge in [-0.3, -0.25) is 9.59 Å². The first-order valence-electron chi connectivity index (χ1n) is 9.17. The average molecular weight is 423 g/mol. The average Bonchev–Trinajstić information content (AvgIpc) is 2.69. The number of amides is 2. The zero-order valence-electron chi connectivity index (χ0n) is 16.9. The Labute approximate surface area is 175 Å². The lowest BCUT2D eigenvalue weighted by atomic mass is 9.88. The van der Waals surface area contributed by atoms with E-state index in [9.17, 15) is 23.3 Å². The molecule has 0 radical (unpaired) electrons.